The zero-order valence-corrected chi connectivity index (χ0v) is 10.5. The Morgan fingerprint density at radius 3 is 2.71 bits per heavy atom. The van der Waals surface area contributed by atoms with Gasteiger partial charge in [0.1, 0.15) is 5.75 Å². The number of benzene rings is 1. The first kappa shape index (κ1) is 13.5. The quantitative estimate of drug-likeness (QED) is 0.727. The highest BCUT2D eigenvalue weighted by atomic mass is 16.3. The lowest BCUT2D eigenvalue weighted by molar-refractivity contribution is -0.122. The molecule has 0 bridgehead atoms. The summed E-state index contributed by atoms with van der Waals surface area (Å²) in [6, 6.07) is 6.79. The van der Waals surface area contributed by atoms with Crippen molar-refractivity contribution in [2.75, 3.05) is 6.54 Å². The average molecular weight is 236 g/mol. The zero-order chi connectivity index (χ0) is 12.8. The zero-order valence-electron chi connectivity index (χ0n) is 10.5. The van der Waals surface area contributed by atoms with Gasteiger partial charge in [0.15, 0.2) is 0 Å². The van der Waals surface area contributed by atoms with Gasteiger partial charge in [0, 0.05) is 12.6 Å². The van der Waals surface area contributed by atoms with Crippen LogP contribution in [0.5, 0.6) is 5.75 Å². The maximum atomic E-state index is 11.6. The van der Waals surface area contributed by atoms with Gasteiger partial charge in [-0.1, -0.05) is 12.1 Å². The number of nitrogens with one attached hydrogen (secondary N) is 2. The van der Waals surface area contributed by atoms with Crippen LogP contribution in [0.4, 0.5) is 0 Å². The highest BCUT2D eigenvalue weighted by molar-refractivity contribution is 5.81. The minimum Gasteiger partial charge on any atom is -0.508 e. The SMILES string of the molecule is CCNC(=O)C(C)NC(C)c1cccc(O)c1. The molecular formula is C13H20N2O2. The van der Waals surface area contributed by atoms with Crippen molar-refractivity contribution >= 4 is 5.91 Å². The molecule has 94 valence electrons. The molecule has 0 aliphatic carbocycles. The van der Waals surface area contributed by atoms with Gasteiger partial charge in [-0.05, 0) is 38.5 Å². The van der Waals surface area contributed by atoms with Crippen LogP contribution in [0.3, 0.4) is 0 Å². The molecular weight excluding hydrogens is 216 g/mol. The van der Waals surface area contributed by atoms with E-state index >= 15 is 0 Å². The van der Waals surface area contributed by atoms with Gasteiger partial charge in [-0.2, -0.15) is 0 Å². The number of amides is 1. The van der Waals surface area contributed by atoms with E-state index in [9.17, 15) is 9.90 Å². The smallest absolute Gasteiger partial charge is 0.236 e. The minimum atomic E-state index is -0.257. The van der Waals surface area contributed by atoms with Crippen LogP contribution in [0.2, 0.25) is 0 Å². The minimum absolute atomic E-state index is 0.0136. The van der Waals surface area contributed by atoms with Gasteiger partial charge in [0.25, 0.3) is 0 Å². The van der Waals surface area contributed by atoms with Crippen molar-refractivity contribution in [2.24, 2.45) is 0 Å². The number of hydrogen-bond acceptors (Lipinski definition) is 3. The summed E-state index contributed by atoms with van der Waals surface area (Å²) in [6.45, 7) is 6.31. The van der Waals surface area contributed by atoms with Crippen molar-refractivity contribution in [2.45, 2.75) is 32.9 Å². The summed E-state index contributed by atoms with van der Waals surface area (Å²) >= 11 is 0. The van der Waals surface area contributed by atoms with Crippen LogP contribution < -0.4 is 10.6 Å². The van der Waals surface area contributed by atoms with Gasteiger partial charge in [-0.15, -0.1) is 0 Å². The Morgan fingerprint density at radius 1 is 1.41 bits per heavy atom. The molecule has 1 rings (SSSR count). The topological polar surface area (TPSA) is 61.4 Å². The summed E-state index contributed by atoms with van der Waals surface area (Å²) in [5, 5.41) is 15.3. The van der Waals surface area contributed by atoms with E-state index in [1.54, 1.807) is 18.2 Å². The third-order valence-corrected chi connectivity index (χ3v) is 2.61. The van der Waals surface area contributed by atoms with E-state index in [-0.39, 0.29) is 23.7 Å². The largest absolute Gasteiger partial charge is 0.508 e. The van der Waals surface area contributed by atoms with Crippen LogP contribution in [-0.2, 0) is 4.79 Å². The van der Waals surface area contributed by atoms with Gasteiger partial charge in [-0.3, -0.25) is 10.1 Å². The molecule has 0 radical (unpaired) electrons. The Labute approximate surface area is 102 Å². The van der Waals surface area contributed by atoms with E-state index in [2.05, 4.69) is 10.6 Å². The summed E-state index contributed by atoms with van der Waals surface area (Å²) in [4.78, 5) is 11.6. The number of likely N-dealkylation sites (N-methyl/N-ethyl adjacent to an activating group) is 1. The molecule has 1 aromatic rings. The molecule has 0 saturated carbocycles. The van der Waals surface area contributed by atoms with Gasteiger partial charge in [-0.25, -0.2) is 0 Å². The highest BCUT2D eigenvalue weighted by Gasteiger charge is 2.15. The molecule has 0 spiro atoms. The van der Waals surface area contributed by atoms with Crippen LogP contribution in [-0.4, -0.2) is 23.6 Å². The Kier molecular flexibility index (Phi) is 4.97. The van der Waals surface area contributed by atoms with Gasteiger partial charge in [0.2, 0.25) is 5.91 Å². The van der Waals surface area contributed by atoms with Gasteiger partial charge >= 0.3 is 0 Å². The maximum Gasteiger partial charge on any atom is 0.236 e. The van der Waals surface area contributed by atoms with Crippen molar-refractivity contribution in [3.8, 4) is 5.75 Å². The Hall–Kier alpha value is -1.55. The molecule has 0 aliphatic heterocycles. The standard InChI is InChI=1S/C13H20N2O2/c1-4-14-13(17)10(3)15-9(2)11-6-5-7-12(16)8-11/h5-10,15-16H,4H2,1-3H3,(H,14,17). The van der Waals surface area contributed by atoms with Crippen LogP contribution >= 0.6 is 0 Å². The normalized spacial score (nSPS) is 14.1. The maximum absolute atomic E-state index is 11.6. The molecule has 1 aromatic carbocycles. The number of rotatable bonds is 5. The number of carbonyl (C=O) groups excluding carboxylic acids is 1. The Bertz CT molecular complexity index is 379. The third kappa shape index (κ3) is 4.07. The van der Waals surface area contributed by atoms with Gasteiger partial charge < -0.3 is 10.4 Å². The molecule has 2 atom stereocenters. The Balaban J connectivity index is 2.60. The van der Waals surface area contributed by atoms with Crippen molar-refractivity contribution in [1.29, 1.82) is 0 Å². The van der Waals surface area contributed by atoms with Crippen LogP contribution in [0, 0.1) is 0 Å². The van der Waals surface area contributed by atoms with Crippen molar-refractivity contribution in [3.05, 3.63) is 29.8 Å². The van der Waals surface area contributed by atoms with E-state index in [4.69, 9.17) is 0 Å². The summed E-state index contributed by atoms with van der Waals surface area (Å²) < 4.78 is 0. The predicted molar refractivity (Wildman–Crippen MR) is 67.8 cm³/mol. The van der Waals surface area contributed by atoms with Crippen LogP contribution in [0.25, 0.3) is 0 Å². The van der Waals surface area contributed by atoms with Crippen LogP contribution in [0.1, 0.15) is 32.4 Å². The second-order valence-electron chi connectivity index (χ2n) is 4.10. The number of phenolic OH excluding ortho intramolecular Hbond substituents is 1. The van der Waals surface area contributed by atoms with Gasteiger partial charge in [0.05, 0.1) is 6.04 Å². The van der Waals surface area contributed by atoms with Crippen LogP contribution in [0.15, 0.2) is 24.3 Å². The summed E-state index contributed by atoms with van der Waals surface area (Å²) in [6.07, 6.45) is 0. The fraction of sp³-hybridized carbons (Fsp3) is 0.462. The fourth-order valence-corrected chi connectivity index (χ4v) is 1.67. The first-order chi connectivity index (χ1) is 8.04. The number of carbonyl (C=O) groups is 1. The monoisotopic (exact) mass is 236 g/mol. The summed E-state index contributed by atoms with van der Waals surface area (Å²) in [7, 11) is 0. The molecule has 4 nitrogen and oxygen atoms in total. The molecule has 0 aliphatic rings. The molecule has 0 aromatic heterocycles. The van der Waals surface area contributed by atoms with E-state index in [1.165, 1.54) is 0 Å². The lowest BCUT2D eigenvalue weighted by Gasteiger charge is -2.19. The first-order valence-electron chi connectivity index (χ1n) is 5.87. The molecule has 4 heteroatoms. The second-order valence-corrected chi connectivity index (χ2v) is 4.10. The molecule has 2 unspecified atom stereocenters. The van der Waals surface area contributed by atoms with Crippen molar-refractivity contribution in [3.63, 3.8) is 0 Å². The molecule has 0 saturated heterocycles. The van der Waals surface area contributed by atoms with Crippen molar-refractivity contribution < 1.29 is 9.90 Å². The first-order valence-corrected chi connectivity index (χ1v) is 5.87. The summed E-state index contributed by atoms with van der Waals surface area (Å²) in [5.74, 6) is 0.223. The molecule has 0 fully saturated rings. The number of aromatic hydroxyl groups is 1. The predicted octanol–water partition coefficient (Wildman–Crippen LogP) is 1.57. The number of phenols is 1. The Morgan fingerprint density at radius 2 is 2.12 bits per heavy atom. The molecule has 3 N–H and O–H groups in total. The lowest BCUT2D eigenvalue weighted by atomic mass is 10.1. The van der Waals surface area contributed by atoms with E-state index in [0.717, 1.165) is 5.56 Å². The molecule has 1 amide bonds. The third-order valence-electron chi connectivity index (χ3n) is 2.61. The summed E-state index contributed by atoms with van der Waals surface area (Å²) in [5.41, 5.74) is 0.959. The van der Waals surface area contributed by atoms with E-state index < -0.39 is 0 Å². The number of hydrogen-bond donors (Lipinski definition) is 3. The lowest BCUT2D eigenvalue weighted by Crippen LogP contribution is -2.42. The molecule has 0 heterocycles. The highest BCUT2D eigenvalue weighted by Crippen LogP contribution is 2.18. The molecule has 17 heavy (non-hydrogen) atoms. The fourth-order valence-electron chi connectivity index (χ4n) is 1.67. The van der Waals surface area contributed by atoms with E-state index in [1.807, 2.05) is 26.8 Å². The average Bonchev–Trinajstić information content (AvgIpc) is 2.29. The van der Waals surface area contributed by atoms with Crippen molar-refractivity contribution in [1.82, 2.24) is 10.6 Å². The second kappa shape index (κ2) is 6.25. The van der Waals surface area contributed by atoms with E-state index in [0.29, 0.717) is 6.54 Å².